The third kappa shape index (κ3) is 1.69. The Morgan fingerprint density at radius 3 is 2.89 bits per heavy atom. The number of benzene rings is 1. The van der Waals surface area contributed by atoms with E-state index < -0.39 is 0 Å². The SMILES string of the molecule is Cn1ccc(C(=O)c2cc3cc(F)ccc3o2)n1. The van der Waals surface area contributed by atoms with E-state index in [0.29, 0.717) is 16.7 Å². The Hall–Kier alpha value is -2.43. The van der Waals surface area contributed by atoms with E-state index in [4.69, 9.17) is 4.42 Å². The Morgan fingerprint density at radius 1 is 1.33 bits per heavy atom. The van der Waals surface area contributed by atoms with Gasteiger partial charge in [-0.25, -0.2) is 4.39 Å². The molecule has 90 valence electrons. The number of carbonyl (C=O) groups is 1. The number of ketones is 1. The molecule has 0 fully saturated rings. The number of aryl methyl sites for hydroxylation is 1. The number of furan rings is 1. The zero-order valence-corrected chi connectivity index (χ0v) is 9.55. The van der Waals surface area contributed by atoms with Crippen LogP contribution in [0.4, 0.5) is 4.39 Å². The van der Waals surface area contributed by atoms with Gasteiger partial charge in [0.25, 0.3) is 0 Å². The van der Waals surface area contributed by atoms with E-state index in [1.165, 1.54) is 28.9 Å². The first kappa shape index (κ1) is 10.7. The van der Waals surface area contributed by atoms with Gasteiger partial charge >= 0.3 is 0 Å². The van der Waals surface area contributed by atoms with Gasteiger partial charge in [0.15, 0.2) is 5.76 Å². The molecule has 3 rings (SSSR count). The van der Waals surface area contributed by atoms with E-state index in [1.54, 1.807) is 19.3 Å². The minimum Gasteiger partial charge on any atom is -0.453 e. The second-order valence-electron chi connectivity index (χ2n) is 4.00. The standard InChI is InChI=1S/C13H9FN2O2/c1-16-5-4-10(15-16)13(17)12-7-8-6-9(14)2-3-11(8)18-12/h2-7H,1H3. The normalized spacial score (nSPS) is 11.0. The van der Waals surface area contributed by atoms with Crippen molar-refractivity contribution in [3.8, 4) is 0 Å². The Bertz CT molecular complexity index is 742. The molecule has 2 aromatic heterocycles. The highest BCUT2D eigenvalue weighted by Gasteiger charge is 2.17. The van der Waals surface area contributed by atoms with Gasteiger partial charge in [0.1, 0.15) is 17.1 Å². The summed E-state index contributed by atoms with van der Waals surface area (Å²) in [6, 6.07) is 7.25. The topological polar surface area (TPSA) is 48.0 Å². The highest BCUT2D eigenvalue weighted by Crippen LogP contribution is 2.21. The Morgan fingerprint density at radius 2 is 2.17 bits per heavy atom. The summed E-state index contributed by atoms with van der Waals surface area (Å²) in [7, 11) is 1.73. The largest absolute Gasteiger partial charge is 0.453 e. The maximum atomic E-state index is 13.0. The second-order valence-corrected chi connectivity index (χ2v) is 4.00. The molecule has 3 aromatic rings. The first-order valence-electron chi connectivity index (χ1n) is 5.37. The van der Waals surface area contributed by atoms with Gasteiger partial charge in [0, 0.05) is 18.6 Å². The van der Waals surface area contributed by atoms with Crippen molar-refractivity contribution in [3.05, 3.63) is 53.8 Å². The lowest BCUT2D eigenvalue weighted by molar-refractivity contribution is 0.101. The fraction of sp³-hybridized carbons (Fsp3) is 0.0769. The van der Waals surface area contributed by atoms with Crippen molar-refractivity contribution in [1.82, 2.24) is 9.78 Å². The van der Waals surface area contributed by atoms with Gasteiger partial charge in [-0.15, -0.1) is 0 Å². The summed E-state index contributed by atoms with van der Waals surface area (Å²) in [6.07, 6.45) is 1.68. The predicted molar refractivity (Wildman–Crippen MR) is 62.8 cm³/mol. The molecule has 0 saturated carbocycles. The zero-order chi connectivity index (χ0) is 12.7. The summed E-state index contributed by atoms with van der Waals surface area (Å²) in [5.41, 5.74) is 0.785. The third-order valence-corrected chi connectivity index (χ3v) is 2.65. The highest BCUT2D eigenvalue weighted by molar-refractivity contribution is 6.07. The Labute approximate surface area is 102 Å². The molecule has 0 saturated heterocycles. The molecule has 0 N–H and O–H groups in total. The van der Waals surface area contributed by atoms with E-state index in [2.05, 4.69) is 5.10 Å². The van der Waals surface area contributed by atoms with E-state index in [1.807, 2.05) is 0 Å². The molecule has 0 radical (unpaired) electrons. The van der Waals surface area contributed by atoms with Crippen LogP contribution in [-0.4, -0.2) is 15.6 Å². The zero-order valence-electron chi connectivity index (χ0n) is 9.55. The third-order valence-electron chi connectivity index (χ3n) is 2.65. The average molecular weight is 244 g/mol. The number of hydrogen-bond donors (Lipinski definition) is 0. The molecule has 0 aliphatic rings. The van der Waals surface area contributed by atoms with Gasteiger partial charge in [-0.2, -0.15) is 5.10 Å². The smallest absolute Gasteiger partial charge is 0.248 e. The Balaban J connectivity index is 2.06. The quantitative estimate of drug-likeness (QED) is 0.651. The van der Waals surface area contributed by atoms with Crippen molar-refractivity contribution in [3.63, 3.8) is 0 Å². The van der Waals surface area contributed by atoms with Crippen molar-refractivity contribution >= 4 is 16.8 Å². The summed E-state index contributed by atoms with van der Waals surface area (Å²) in [6.45, 7) is 0. The number of rotatable bonds is 2. The first-order chi connectivity index (χ1) is 8.63. The van der Waals surface area contributed by atoms with Gasteiger partial charge < -0.3 is 4.42 Å². The Kier molecular flexibility index (Phi) is 2.26. The maximum Gasteiger partial charge on any atom is 0.248 e. The summed E-state index contributed by atoms with van der Waals surface area (Å²) in [5, 5.41) is 4.57. The number of carbonyl (C=O) groups excluding carboxylic acids is 1. The summed E-state index contributed by atoms with van der Waals surface area (Å²) in [5.74, 6) is -0.512. The van der Waals surface area contributed by atoms with Crippen LogP contribution in [0.5, 0.6) is 0 Å². The average Bonchev–Trinajstić information content (AvgIpc) is 2.93. The number of nitrogens with zero attached hydrogens (tertiary/aromatic N) is 2. The van der Waals surface area contributed by atoms with Crippen LogP contribution >= 0.6 is 0 Å². The van der Waals surface area contributed by atoms with Crippen molar-refractivity contribution in [2.75, 3.05) is 0 Å². The minimum atomic E-state index is -0.361. The molecule has 0 spiro atoms. The van der Waals surface area contributed by atoms with Gasteiger partial charge in [0.2, 0.25) is 5.78 Å². The molecule has 0 aliphatic carbocycles. The van der Waals surface area contributed by atoms with Crippen molar-refractivity contribution in [1.29, 1.82) is 0 Å². The van der Waals surface area contributed by atoms with E-state index in [9.17, 15) is 9.18 Å². The number of halogens is 1. The van der Waals surface area contributed by atoms with Crippen molar-refractivity contribution in [2.45, 2.75) is 0 Å². The van der Waals surface area contributed by atoms with Gasteiger partial charge in [-0.3, -0.25) is 9.48 Å². The maximum absolute atomic E-state index is 13.0. The molecular formula is C13H9FN2O2. The summed E-state index contributed by atoms with van der Waals surface area (Å²) >= 11 is 0. The summed E-state index contributed by atoms with van der Waals surface area (Å²) in [4.78, 5) is 12.1. The van der Waals surface area contributed by atoms with E-state index >= 15 is 0 Å². The van der Waals surface area contributed by atoms with Crippen LogP contribution in [0.2, 0.25) is 0 Å². The molecule has 0 bridgehead atoms. The molecule has 0 unspecified atom stereocenters. The minimum absolute atomic E-state index is 0.161. The summed E-state index contributed by atoms with van der Waals surface area (Å²) < 4.78 is 20.0. The predicted octanol–water partition coefficient (Wildman–Crippen LogP) is 2.54. The van der Waals surface area contributed by atoms with Crippen LogP contribution in [0, 0.1) is 5.82 Å². The van der Waals surface area contributed by atoms with Crippen LogP contribution in [0.25, 0.3) is 11.0 Å². The molecule has 1 aromatic carbocycles. The fourth-order valence-corrected chi connectivity index (χ4v) is 1.79. The molecule has 0 amide bonds. The van der Waals surface area contributed by atoms with Crippen LogP contribution < -0.4 is 0 Å². The molecule has 0 atom stereocenters. The molecule has 2 heterocycles. The van der Waals surface area contributed by atoms with Crippen LogP contribution in [0.15, 0.2) is 40.9 Å². The molecule has 4 nitrogen and oxygen atoms in total. The first-order valence-corrected chi connectivity index (χ1v) is 5.37. The number of aromatic nitrogens is 2. The van der Waals surface area contributed by atoms with Crippen LogP contribution in [0.1, 0.15) is 16.2 Å². The van der Waals surface area contributed by atoms with Gasteiger partial charge in [0.05, 0.1) is 0 Å². The van der Waals surface area contributed by atoms with Crippen molar-refractivity contribution in [2.24, 2.45) is 7.05 Å². The van der Waals surface area contributed by atoms with E-state index in [0.717, 1.165) is 0 Å². The van der Waals surface area contributed by atoms with Gasteiger partial charge in [-0.05, 0) is 30.3 Å². The van der Waals surface area contributed by atoms with Crippen LogP contribution in [0.3, 0.4) is 0 Å². The lowest BCUT2D eigenvalue weighted by Gasteiger charge is -1.90. The van der Waals surface area contributed by atoms with E-state index in [-0.39, 0.29) is 17.4 Å². The fourth-order valence-electron chi connectivity index (χ4n) is 1.79. The second kappa shape index (κ2) is 3.80. The monoisotopic (exact) mass is 244 g/mol. The molecule has 18 heavy (non-hydrogen) atoms. The molecule has 5 heteroatoms. The highest BCUT2D eigenvalue weighted by atomic mass is 19.1. The van der Waals surface area contributed by atoms with Crippen LogP contribution in [-0.2, 0) is 7.05 Å². The molecular weight excluding hydrogens is 235 g/mol. The lowest BCUT2D eigenvalue weighted by Crippen LogP contribution is -2.01. The number of fused-ring (bicyclic) bond motifs is 1. The van der Waals surface area contributed by atoms with Crippen molar-refractivity contribution < 1.29 is 13.6 Å². The van der Waals surface area contributed by atoms with Gasteiger partial charge in [-0.1, -0.05) is 0 Å². The lowest BCUT2D eigenvalue weighted by atomic mass is 10.2. The number of hydrogen-bond acceptors (Lipinski definition) is 3. The molecule has 0 aliphatic heterocycles.